The van der Waals surface area contributed by atoms with Crippen molar-refractivity contribution in [1.29, 1.82) is 0 Å². The zero-order chi connectivity index (χ0) is 13.5. The van der Waals surface area contributed by atoms with Crippen molar-refractivity contribution >= 4 is 11.6 Å². The highest BCUT2D eigenvalue weighted by Crippen LogP contribution is 2.26. The van der Waals surface area contributed by atoms with Crippen molar-refractivity contribution in [2.45, 2.75) is 32.6 Å². The molecule has 4 nitrogen and oxygen atoms in total. The lowest BCUT2D eigenvalue weighted by Crippen LogP contribution is -2.19. The Labute approximate surface area is 114 Å². The van der Waals surface area contributed by atoms with Crippen LogP contribution in [0.25, 0.3) is 0 Å². The average Bonchev–Trinajstić information content (AvgIpc) is 2.43. The lowest BCUT2D eigenvalue weighted by molar-refractivity contribution is -0.116. The molecule has 0 aliphatic carbocycles. The van der Waals surface area contributed by atoms with Crippen LogP contribution in [0.2, 0.25) is 0 Å². The van der Waals surface area contributed by atoms with Crippen LogP contribution in [0.5, 0.6) is 5.75 Å². The van der Waals surface area contributed by atoms with Crippen LogP contribution in [-0.2, 0) is 11.2 Å². The van der Waals surface area contributed by atoms with Crippen LogP contribution < -0.4 is 15.4 Å². The third-order valence-electron chi connectivity index (χ3n) is 3.17. The van der Waals surface area contributed by atoms with Crippen molar-refractivity contribution in [3.63, 3.8) is 0 Å². The SMILES string of the molecule is CCCNCCCOc1ccc2c(c1)CCC(=O)N2. The Morgan fingerprint density at radius 2 is 2.21 bits per heavy atom. The van der Waals surface area contributed by atoms with E-state index in [2.05, 4.69) is 17.6 Å². The molecule has 19 heavy (non-hydrogen) atoms. The van der Waals surface area contributed by atoms with Gasteiger partial charge in [-0.1, -0.05) is 6.92 Å². The monoisotopic (exact) mass is 262 g/mol. The predicted molar refractivity (Wildman–Crippen MR) is 76.7 cm³/mol. The highest BCUT2D eigenvalue weighted by atomic mass is 16.5. The standard InChI is InChI=1S/C15H22N2O2/c1-2-8-16-9-3-10-19-13-5-6-14-12(11-13)4-7-15(18)17-14/h5-6,11,16H,2-4,7-10H2,1H3,(H,17,18). The van der Waals surface area contributed by atoms with Crippen LogP contribution in [0.15, 0.2) is 18.2 Å². The van der Waals surface area contributed by atoms with Crippen LogP contribution in [0, 0.1) is 0 Å². The van der Waals surface area contributed by atoms with Crippen LogP contribution in [-0.4, -0.2) is 25.6 Å². The number of carbonyl (C=O) groups excluding carboxylic acids is 1. The van der Waals surface area contributed by atoms with Crippen LogP contribution >= 0.6 is 0 Å². The fraction of sp³-hybridized carbons (Fsp3) is 0.533. The summed E-state index contributed by atoms with van der Waals surface area (Å²) >= 11 is 0. The Balaban J connectivity index is 1.77. The van der Waals surface area contributed by atoms with Crippen LogP contribution in [0.1, 0.15) is 31.7 Å². The number of rotatable bonds is 7. The maximum atomic E-state index is 11.3. The number of fused-ring (bicyclic) bond motifs is 1. The lowest BCUT2D eigenvalue weighted by Gasteiger charge is -2.17. The summed E-state index contributed by atoms with van der Waals surface area (Å²) in [6.45, 7) is 4.95. The molecular formula is C15H22N2O2. The molecule has 104 valence electrons. The maximum absolute atomic E-state index is 11.3. The summed E-state index contributed by atoms with van der Waals surface area (Å²) in [4.78, 5) is 11.3. The normalized spacial score (nSPS) is 13.8. The van der Waals surface area contributed by atoms with Crippen molar-refractivity contribution in [2.75, 3.05) is 25.0 Å². The molecule has 2 N–H and O–H groups in total. The second-order valence-corrected chi connectivity index (χ2v) is 4.82. The molecule has 0 radical (unpaired) electrons. The molecule has 0 atom stereocenters. The van der Waals surface area contributed by atoms with Gasteiger partial charge in [0.25, 0.3) is 0 Å². The fourth-order valence-electron chi connectivity index (χ4n) is 2.14. The molecule has 0 saturated heterocycles. The first-order valence-electron chi connectivity index (χ1n) is 7.06. The first-order valence-corrected chi connectivity index (χ1v) is 7.06. The maximum Gasteiger partial charge on any atom is 0.224 e. The van der Waals surface area contributed by atoms with Crippen LogP contribution in [0.3, 0.4) is 0 Å². The van der Waals surface area contributed by atoms with E-state index in [0.29, 0.717) is 6.42 Å². The molecule has 0 saturated carbocycles. The molecule has 0 spiro atoms. The molecular weight excluding hydrogens is 240 g/mol. The second kappa shape index (κ2) is 7.14. The Kier molecular flexibility index (Phi) is 5.21. The number of ether oxygens (including phenoxy) is 1. The number of anilines is 1. The van der Waals surface area contributed by atoms with Gasteiger partial charge in [0.05, 0.1) is 6.61 Å². The molecule has 0 aromatic heterocycles. The molecule has 0 fully saturated rings. The van der Waals surface area contributed by atoms with E-state index in [9.17, 15) is 4.79 Å². The Morgan fingerprint density at radius 3 is 3.05 bits per heavy atom. The number of benzene rings is 1. The van der Waals surface area contributed by atoms with Gasteiger partial charge in [-0.2, -0.15) is 0 Å². The van der Waals surface area contributed by atoms with Crippen molar-refractivity contribution in [3.05, 3.63) is 23.8 Å². The zero-order valence-corrected chi connectivity index (χ0v) is 11.5. The smallest absolute Gasteiger partial charge is 0.224 e. The largest absolute Gasteiger partial charge is 0.494 e. The van der Waals surface area contributed by atoms with E-state index in [1.807, 2.05) is 18.2 Å². The number of hydrogen-bond acceptors (Lipinski definition) is 3. The Hall–Kier alpha value is -1.55. The number of hydrogen-bond donors (Lipinski definition) is 2. The van der Waals surface area contributed by atoms with Gasteiger partial charge in [0, 0.05) is 12.1 Å². The van der Waals surface area contributed by atoms with E-state index in [0.717, 1.165) is 50.4 Å². The minimum Gasteiger partial charge on any atom is -0.494 e. The van der Waals surface area contributed by atoms with Crippen molar-refractivity contribution in [1.82, 2.24) is 5.32 Å². The van der Waals surface area contributed by atoms with E-state index in [1.54, 1.807) is 0 Å². The third kappa shape index (κ3) is 4.24. The van der Waals surface area contributed by atoms with Gasteiger partial charge >= 0.3 is 0 Å². The lowest BCUT2D eigenvalue weighted by atomic mass is 10.0. The molecule has 1 aliphatic rings. The van der Waals surface area contributed by atoms with E-state index in [1.165, 1.54) is 5.56 Å². The van der Waals surface area contributed by atoms with Gasteiger partial charge in [0.15, 0.2) is 0 Å². The summed E-state index contributed by atoms with van der Waals surface area (Å²) < 4.78 is 5.73. The molecule has 1 heterocycles. The number of aryl methyl sites for hydroxylation is 1. The van der Waals surface area contributed by atoms with Gasteiger partial charge < -0.3 is 15.4 Å². The van der Waals surface area contributed by atoms with Gasteiger partial charge in [-0.3, -0.25) is 4.79 Å². The molecule has 1 aromatic rings. The number of amides is 1. The molecule has 0 bridgehead atoms. The third-order valence-corrected chi connectivity index (χ3v) is 3.17. The number of nitrogens with one attached hydrogen (secondary N) is 2. The van der Waals surface area contributed by atoms with Gasteiger partial charge in [0.2, 0.25) is 5.91 Å². The van der Waals surface area contributed by atoms with Crippen LogP contribution in [0.4, 0.5) is 5.69 Å². The average molecular weight is 262 g/mol. The highest BCUT2D eigenvalue weighted by molar-refractivity contribution is 5.93. The van der Waals surface area contributed by atoms with E-state index >= 15 is 0 Å². The molecule has 1 aromatic carbocycles. The predicted octanol–water partition coefficient (Wildman–Crippen LogP) is 2.34. The highest BCUT2D eigenvalue weighted by Gasteiger charge is 2.14. The molecule has 1 aliphatic heterocycles. The zero-order valence-electron chi connectivity index (χ0n) is 11.5. The van der Waals surface area contributed by atoms with E-state index < -0.39 is 0 Å². The van der Waals surface area contributed by atoms with Gasteiger partial charge in [-0.25, -0.2) is 0 Å². The van der Waals surface area contributed by atoms with Gasteiger partial charge in [0.1, 0.15) is 5.75 Å². The van der Waals surface area contributed by atoms with Crippen molar-refractivity contribution in [2.24, 2.45) is 0 Å². The first-order chi connectivity index (χ1) is 9.29. The summed E-state index contributed by atoms with van der Waals surface area (Å²) in [6.07, 6.45) is 3.54. The summed E-state index contributed by atoms with van der Waals surface area (Å²) in [5.41, 5.74) is 2.09. The van der Waals surface area contributed by atoms with Gasteiger partial charge in [-0.05, 0) is 56.1 Å². The summed E-state index contributed by atoms with van der Waals surface area (Å²) in [5, 5.41) is 6.22. The number of carbonyl (C=O) groups is 1. The molecule has 2 rings (SSSR count). The minimum atomic E-state index is 0.100. The molecule has 1 amide bonds. The van der Waals surface area contributed by atoms with Crippen molar-refractivity contribution in [3.8, 4) is 5.75 Å². The summed E-state index contributed by atoms with van der Waals surface area (Å²) in [5.74, 6) is 0.994. The molecule has 0 unspecified atom stereocenters. The molecule has 4 heteroatoms. The Bertz CT molecular complexity index is 432. The first kappa shape index (κ1) is 13.9. The van der Waals surface area contributed by atoms with Crippen molar-refractivity contribution < 1.29 is 9.53 Å². The van der Waals surface area contributed by atoms with E-state index in [4.69, 9.17) is 4.74 Å². The van der Waals surface area contributed by atoms with Gasteiger partial charge in [-0.15, -0.1) is 0 Å². The Morgan fingerprint density at radius 1 is 1.32 bits per heavy atom. The second-order valence-electron chi connectivity index (χ2n) is 4.82. The van der Waals surface area contributed by atoms with E-state index in [-0.39, 0.29) is 5.91 Å². The quantitative estimate of drug-likeness (QED) is 0.742. The minimum absolute atomic E-state index is 0.100. The summed E-state index contributed by atoms with van der Waals surface area (Å²) in [6, 6.07) is 5.88. The summed E-state index contributed by atoms with van der Waals surface area (Å²) in [7, 11) is 0. The fourth-order valence-corrected chi connectivity index (χ4v) is 2.14. The topological polar surface area (TPSA) is 50.4 Å².